The van der Waals surface area contributed by atoms with Crippen LogP contribution in [0.4, 0.5) is 17.1 Å². The van der Waals surface area contributed by atoms with Crippen LogP contribution in [-0.2, 0) is 15.1 Å². The van der Waals surface area contributed by atoms with Gasteiger partial charge < -0.3 is 19.5 Å². The smallest absolute Gasteiger partial charge is 0.264 e. The van der Waals surface area contributed by atoms with E-state index in [-0.39, 0.29) is 36.0 Å². The maximum atomic E-state index is 14.7. The third-order valence-electron chi connectivity index (χ3n) is 10.4. The summed E-state index contributed by atoms with van der Waals surface area (Å²) in [7, 11) is -0.643. The van der Waals surface area contributed by atoms with Crippen LogP contribution in [0, 0.1) is 5.92 Å². The van der Waals surface area contributed by atoms with E-state index in [0.717, 1.165) is 33.5 Å². The van der Waals surface area contributed by atoms with E-state index in [1.165, 1.54) is 5.19 Å². The Labute approximate surface area is 264 Å². The molecule has 0 aliphatic carbocycles. The molecule has 0 saturated carbocycles. The lowest BCUT2D eigenvalue weighted by Crippen LogP contribution is -2.51. The summed E-state index contributed by atoms with van der Waals surface area (Å²) in [4.78, 5) is 32.1. The van der Waals surface area contributed by atoms with Crippen LogP contribution in [0.15, 0.2) is 91.5 Å². The molecule has 8 heteroatoms. The molecule has 0 unspecified atom stereocenters. The van der Waals surface area contributed by atoms with Crippen molar-refractivity contribution in [3.05, 3.63) is 103 Å². The van der Waals surface area contributed by atoms with Crippen LogP contribution in [0.1, 0.15) is 29.3 Å². The molecule has 0 radical (unpaired) electrons. The van der Waals surface area contributed by atoms with E-state index in [1.807, 2.05) is 66.7 Å². The van der Waals surface area contributed by atoms with Crippen molar-refractivity contribution >= 4 is 52.9 Å². The Kier molecular flexibility index (Phi) is 7.00. The molecule has 7 rings (SSSR count). The molecule has 1 N–H and O–H groups in total. The summed E-state index contributed by atoms with van der Waals surface area (Å²) >= 11 is 0. The lowest BCUT2D eigenvalue weighted by molar-refractivity contribution is -0.146. The normalized spacial score (nSPS) is 23.8. The number of fused-ring (bicyclic) bond motifs is 2. The molecular formula is C37H38N2O5Si. The number of anilines is 3. The molecule has 1 spiro atoms. The molecule has 0 aromatic heterocycles. The summed E-state index contributed by atoms with van der Waals surface area (Å²) in [5.74, 6) is 0.381. The van der Waals surface area contributed by atoms with Gasteiger partial charge in [0.1, 0.15) is 5.75 Å². The van der Waals surface area contributed by atoms with Crippen LogP contribution in [0.3, 0.4) is 0 Å². The Morgan fingerprint density at radius 2 is 1.76 bits per heavy atom. The molecular weight excluding hydrogens is 581 g/mol. The van der Waals surface area contributed by atoms with E-state index >= 15 is 0 Å². The maximum absolute atomic E-state index is 14.7. The molecule has 7 nitrogen and oxygen atoms in total. The van der Waals surface area contributed by atoms with E-state index in [9.17, 15) is 14.7 Å². The number of carbonyl (C=O) groups excluding carboxylic acids is 2. The van der Waals surface area contributed by atoms with Crippen molar-refractivity contribution in [2.24, 2.45) is 5.92 Å². The maximum Gasteiger partial charge on any atom is 0.264 e. The largest absolute Gasteiger partial charge is 0.497 e. The monoisotopic (exact) mass is 618 g/mol. The van der Waals surface area contributed by atoms with Crippen LogP contribution in [-0.4, -0.2) is 51.4 Å². The number of hydrogen-bond acceptors (Lipinski definition) is 5. The Hall–Kier alpha value is -4.24. The standard InChI is InChI=1S/C37H38N2O5Si/c1-6-20-38-30-18-13-25(39-31-12-8-10-24-9-7-11-28(33(24)31)35(39)41)22-29(30)37(36(38)42)23(2)34(32(44-37)19-21-40)45(4,5)27-16-14-26(43-3)15-17-27/h6-18,22-23,32,34,40H,1,19-21H2,2-5H3/t23-,32+,34-,37+/m0/s1. The fourth-order valence-electron chi connectivity index (χ4n) is 8.32. The van der Waals surface area contributed by atoms with Gasteiger partial charge in [-0.25, -0.2) is 0 Å². The Morgan fingerprint density at radius 1 is 1.02 bits per heavy atom. The summed E-state index contributed by atoms with van der Waals surface area (Å²) in [6.07, 6.45) is 1.83. The summed E-state index contributed by atoms with van der Waals surface area (Å²) < 4.78 is 12.5. The zero-order valence-corrected chi connectivity index (χ0v) is 27.1. The molecule has 4 atom stereocenters. The molecule has 4 aromatic rings. The molecule has 2 amide bonds. The summed E-state index contributed by atoms with van der Waals surface area (Å²) in [6, 6.07) is 25.8. The van der Waals surface area contributed by atoms with Crippen molar-refractivity contribution in [1.82, 2.24) is 0 Å². The van der Waals surface area contributed by atoms with Gasteiger partial charge in [0.2, 0.25) is 0 Å². The van der Waals surface area contributed by atoms with Crippen LogP contribution in [0.2, 0.25) is 18.6 Å². The number of benzene rings is 4. The van der Waals surface area contributed by atoms with Crippen LogP contribution < -0.4 is 19.7 Å². The van der Waals surface area contributed by atoms with Crippen molar-refractivity contribution in [2.75, 3.05) is 30.1 Å². The van der Waals surface area contributed by atoms with Crippen molar-refractivity contribution in [1.29, 1.82) is 0 Å². The zero-order valence-electron chi connectivity index (χ0n) is 26.1. The Bertz CT molecular complexity index is 1850. The highest BCUT2D eigenvalue weighted by Gasteiger charge is 2.66. The Morgan fingerprint density at radius 3 is 2.44 bits per heavy atom. The van der Waals surface area contributed by atoms with E-state index < -0.39 is 13.7 Å². The molecule has 3 aliphatic heterocycles. The van der Waals surface area contributed by atoms with Gasteiger partial charge in [0.25, 0.3) is 11.8 Å². The second-order valence-corrected chi connectivity index (χ2v) is 17.6. The zero-order chi connectivity index (χ0) is 31.7. The van der Waals surface area contributed by atoms with Gasteiger partial charge in [-0.3, -0.25) is 14.5 Å². The van der Waals surface area contributed by atoms with Crippen molar-refractivity contribution < 1.29 is 24.2 Å². The van der Waals surface area contributed by atoms with Crippen LogP contribution in [0.25, 0.3) is 10.8 Å². The second-order valence-electron chi connectivity index (χ2n) is 12.9. The molecule has 230 valence electrons. The fourth-order valence-corrected chi connectivity index (χ4v) is 12.4. The number of methoxy groups -OCH3 is 1. The average Bonchev–Trinajstić information content (AvgIpc) is 3.60. The van der Waals surface area contributed by atoms with Crippen LogP contribution in [0.5, 0.6) is 5.75 Å². The summed E-state index contributed by atoms with van der Waals surface area (Å²) in [6.45, 7) is 11.0. The predicted molar refractivity (Wildman–Crippen MR) is 181 cm³/mol. The van der Waals surface area contributed by atoms with Gasteiger partial charge in [-0.2, -0.15) is 0 Å². The third kappa shape index (κ3) is 4.09. The average molecular weight is 619 g/mol. The molecule has 1 saturated heterocycles. The molecule has 45 heavy (non-hydrogen) atoms. The number of carbonyl (C=O) groups is 2. The number of aliphatic hydroxyl groups excluding tert-OH is 1. The highest BCUT2D eigenvalue weighted by molar-refractivity contribution is 6.91. The van der Waals surface area contributed by atoms with E-state index in [0.29, 0.717) is 24.2 Å². The topological polar surface area (TPSA) is 79.3 Å². The van der Waals surface area contributed by atoms with Gasteiger partial charge in [0.05, 0.1) is 38.2 Å². The minimum atomic E-state index is -2.30. The van der Waals surface area contributed by atoms with Crippen molar-refractivity contribution in [3.63, 3.8) is 0 Å². The highest BCUT2D eigenvalue weighted by atomic mass is 28.3. The highest BCUT2D eigenvalue weighted by Crippen LogP contribution is 2.60. The third-order valence-corrected chi connectivity index (χ3v) is 14.7. The number of nitrogens with zero attached hydrogens (tertiary/aromatic N) is 2. The molecule has 3 heterocycles. The SMILES string of the molecule is C=CCN1C(=O)[C@]2(O[C@H](CCO)[C@@H]([Si](C)(C)c3ccc(OC)cc3)[C@@H]2C)c2cc(N3C(=O)c4cccc5cccc3c45)ccc21. The first-order valence-corrected chi connectivity index (χ1v) is 18.6. The quantitative estimate of drug-likeness (QED) is 0.186. The van der Waals surface area contributed by atoms with E-state index in [2.05, 4.69) is 38.7 Å². The molecule has 3 aliphatic rings. The van der Waals surface area contributed by atoms with Gasteiger partial charge in [-0.15, -0.1) is 6.58 Å². The lowest BCUT2D eigenvalue weighted by atomic mass is 9.82. The van der Waals surface area contributed by atoms with Gasteiger partial charge in [-0.05, 0) is 59.8 Å². The van der Waals surface area contributed by atoms with Gasteiger partial charge in [0.15, 0.2) is 5.60 Å². The first-order valence-electron chi connectivity index (χ1n) is 15.6. The molecule has 0 bridgehead atoms. The number of rotatable bonds is 8. The first kappa shape index (κ1) is 29.5. The lowest BCUT2D eigenvalue weighted by Gasteiger charge is -2.37. The molecule has 1 fully saturated rings. The number of ether oxygens (including phenoxy) is 2. The number of aliphatic hydroxyl groups is 1. The van der Waals surface area contributed by atoms with E-state index in [1.54, 1.807) is 23.0 Å². The minimum absolute atomic E-state index is 0.0219. The fraction of sp³-hybridized carbons (Fsp3) is 0.297. The first-order chi connectivity index (χ1) is 21.7. The molecule has 4 aromatic carbocycles. The van der Waals surface area contributed by atoms with Gasteiger partial charge >= 0.3 is 0 Å². The summed E-state index contributed by atoms with van der Waals surface area (Å²) in [5.41, 5.74) is 2.48. The summed E-state index contributed by atoms with van der Waals surface area (Å²) in [5, 5.41) is 13.4. The van der Waals surface area contributed by atoms with Crippen LogP contribution >= 0.6 is 0 Å². The Balaban J connectivity index is 1.38. The minimum Gasteiger partial charge on any atom is -0.497 e. The van der Waals surface area contributed by atoms with Crippen molar-refractivity contribution in [2.45, 2.75) is 43.7 Å². The number of amides is 2. The second kappa shape index (κ2) is 10.7. The van der Waals surface area contributed by atoms with E-state index in [4.69, 9.17) is 9.47 Å². The number of hydrogen-bond donors (Lipinski definition) is 1. The van der Waals surface area contributed by atoms with Gasteiger partial charge in [0, 0.05) is 35.7 Å². The van der Waals surface area contributed by atoms with Crippen molar-refractivity contribution in [3.8, 4) is 5.75 Å². The van der Waals surface area contributed by atoms with Gasteiger partial charge in [-0.1, -0.05) is 67.7 Å². The predicted octanol–water partition coefficient (Wildman–Crippen LogP) is 6.27.